The van der Waals surface area contributed by atoms with Gasteiger partial charge in [-0.25, -0.2) is 32.5 Å². The third kappa shape index (κ3) is 5.17. The summed E-state index contributed by atoms with van der Waals surface area (Å²) < 4.78 is 64.4. The van der Waals surface area contributed by atoms with Crippen LogP contribution >= 0.6 is 27.5 Å². The molecular weight excluding hydrogens is 570 g/mol. The normalized spacial score (nSPS) is 11.4. The number of ether oxygens (including phenoxy) is 2. The van der Waals surface area contributed by atoms with Gasteiger partial charge in [0, 0.05) is 17.6 Å². The molecule has 15 heteroatoms. The molecule has 0 N–H and O–H groups in total. The van der Waals surface area contributed by atoms with Gasteiger partial charge in [-0.15, -0.1) is 0 Å². The van der Waals surface area contributed by atoms with Crippen molar-refractivity contribution in [3.63, 3.8) is 0 Å². The van der Waals surface area contributed by atoms with E-state index in [4.69, 9.17) is 16.3 Å². The van der Waals surface area contributed by atoms with E-state index in [1.54, 1.807) is 0 Å². The van der Waals surface area contributed by atoms with E-state index in [0.717, 1.165) is 20.2 Å². The molecule has 0 saturated carbocycles. The third-order valence-electron chi connectivity index (χ3n) is 4.64. The molecule has 2 aromatic carbocycles. The van der Waals surface area contributed by atoms with Gasteiger partial charge in [0.2, 0.25) is 0 Å². The van der Waals surface area contributed by atoms with Crippen LogP contribution in [0.4, 0.5) is 17.6 Å². The first-order chi connectivity index (χ1) is 16.3. The minimum atomic E-state index is -4.84. The van der Waals surface area contributed by atoms with Gasteiger partial charge in [-0.1, -0.05) is 11.6 Å². The number of nitrogens with zero attached hydrogens (tertiary/aromatic N) is 3. The molecule has 0 bridgehead atoms. The monoisotopic (exact) mass is 581 g/mol. The average molecular weight is 583 g/mol. The zero-order chi connectivity index (χ0) is 26.2. The molecular formula is C20H13BrClF4N3O6. The van der Waals surface area contributed by atoms with Crippen LogP contribution in [0.15, 0.2) is 49.2 Å². The van der Waals surface area contributed by atoms with Crippen molar-refractivity contribution in [2.75, 3.05) is 7.11 Å². The summed E-state index contributed by atoms with van der Waals surface area (Å²) in [7, 11) is 2.11. The number of hydrogen-bond acceptors (Lipinski definition) is 6. The number of carbonyl (C=O) groups is 1. The number of rotatable bonds is 5. The summed E-state index contributed by atoms with van der Waals surface area (Å²) in [5.41, 5.74) is -4.87. The molecule has 0 aliphatic carbocycles. The molecule has 0 atom stereocenters. The molecule has 0 spiro atoms. The molecule has 0 aliphatic heterocycles. The summed E-state index contributed by atoms with van der Waals surface area (Å²) in [5.74, 6) is -3.29. The topological polar surface area (TPSA) is 102 Å². The predicted molar refractivity (Wildman–Crippen MR) is 118 cm³/mol. The first-order valence-electron chi connectivity index (χ1n) is 9.30. The fraction of sp³-hybridized carbons (Fsp3) is 0.200. The van der Waals surface area contributed by atoms with Crippen molar-refractivity contribution < 1.29 is 31.8 Å². The maximum Gasteiger partial charge on any atom is 0.416 e. The van der Waals surface area contributed by atoms with Crippen LogP contribution in [0.2, 0.25) is 5.02 Å². The maximum atomic E-state index is 14.4. The standard InChI is InChI=1S/C20H13BrClF4N3O6/c1-27-17(31)28(8-15(30)34-2)19(33)29(18(27)32)14-7-10(3-4-11(14)21)35-16-12(22)5-9(6-13(16)23)20(24,25)26/h3-7H,8H2,1-2H3. The Kier molecular flexibility index (Phi) is 7.26. The summed E-state index contributed by atoms with van der Waals surface area (Å²) in [5, 5.41) is -0.679. The van der Waals surface area contributed by atoms with Gasteiger partial charge in [0.15, 0.2) is 11.6 Å². The highest BCUT2D eigenvalue weighted by molar-refractivity contribution is 9.10. The molecule has 3 aromatic rings. The van der Waals surface area contributed by atoms with Gasteiger partial charge in [0.05, 0.1) is 23.4 Å². The van der Waals surface area contributed by atoms with E-state index >= 15 is 0 Å². The zero-order valence-electron chi connectivity index (χ0n) is 17.7. The van der Waals surface area contributed by atoms with E-state index < -0.39 is 57.9 Å². The van der Waals surface area contributed by atoms with Gasteiger partial charge in [0.1, 0.15) is 12.3 Å². The number of alkyl halides is 3. The van der Waals surface area contributed by atoms with E-state index in [0.29, 0.717) is 19.8 Å². The van der Waals surface area contributed by atoms with E-state index in [9.17, 15) is 36.7 Å². The quantitative estimate of drug-likeness (QED) is 0.338. The number of methoxy groups -OCH3 is 1. The molecule has 9 nitrogen and oxygen atoms in total. The van der Waals surface area contributed by atoms with Crippen molar-refractivity contribution in [3.8, 4) is 17.2 Å². The molecule has 186 valence electrons. The fourth-order valence-electron chi connectivity index (χ4n) is 2.90. The SMILES string of the molecule is COC(=O)Cn1c(=O)n(C)c(=O)n(-c2cc(Oc3c(F)cc(C(F)(F)F)cc3Cl)ccc2Br)c1=O. The van der Waals surface area contributed by atoms with Gasteiger partial charge in [-0.05, 0) is 40.2 Å². The Bertz CT molecular complexity index is 1490. The van der Waals surface area contributed by atoms with Crippen molar-refractivity contribution in [3.05, 3.63) is 82.7 Å². The van der Waals surface area contributed by atoms with Crippen LogP contribution in [0.3, 0.4) is 0 Å². The molecule has 0 unspecified atom stereocenters. The number of aromatic nitrogens is 3. The lowest BCUT2D eigenvalue weighted by Crippen LogP contribution is -2.53. The molecule has 35 heavy (non-hydrogen) atoms. The number of esters is 1. The van der Waals surface area contributed by atoms with E-state index in [-0.39, 0.29) is 22.0 Å². The Morgan fingerprint density at radius 2 is 1.74 bits per heavy atom. The molecule has 0 fully saturated rings. The Balaban J connectivity index is 2.16. The largest absolute Gasteiger partial charge is 0.468 e. The molecule has 0 radical (unpaired) electrons. The summed E-state index contributed by atoms with van der Waals surface area (Å²) >= 11 is 8.93. The second-order valence-corrected chi connectivity index (χ2v) is 8.15. The second kappa shape index (κ2) is 9.70. The summed E-state index contributed by atoms with van der Waals surface area (Å²) in [6.45, 7) is -0.789. The number of carbonyl (C=O) groups excluding carboxylic acids is 1. The Morgan fingerprint density at radius 1 is 1.09 bits per heavy atom. The second-order valence-electron chi connectivity index (χ2n) is 6.89. The summed E-state index contributed by atoms with van der Waals surface area (Å²) in [6.07, 6.45) is -4.84. The van der Waals surface area contributed by atoms with Crippen LogP contribution in [-0.4, -0.2) is 26.8 Å². The van der Waals surface area contributed by atoms with Crippen LogP contribution in [0.5, 0.6) is 11.5 Å². The van der Waals surface area contributed by atoms with Crippen LogP contribution in [-0.2, 0) is 29.3 Å². The van der Waals surface area contributed by atoms with Crippen molar-refractivity contribution in [1.82, 2.24) is 13.7 Å². The average Bonchev–Trinajstić information content (AvgIpc) is 2.78. The zero-order valence-corrected chi connectivity index (χ0v) is 20.0. The number of benzene rings is 2. The van der Waals surface area contributed by atoms with E-state index in [1.165, 1.54) is 12.1 Å². The van der Waals surface area contributed by atoms with Gasteiger partial charge in [-0.3, -0.25) is 4.79 Å². The van der Waals surface area contributed by atoms with Gasteiger partial charge >= 0.3 is 29.2 Å². The minimum absolute atomic E-state index is 0.145. The minimum Gasteiger partial charge on any atom is -0.468 e. The van der Waals surface area contributed by atoms with Gasteiger partial charge < -0.3 is 9.47 Å². The number of halogens is 6. The molecule has 1 aromatic heterocycles. The highest BCUT2D eigenvalue weighted by Gasteiger charge is 2.32. The molecule has 0 saturated heterocycles. The van der Waals surface area contributed by atoms with Gasteiger partial charge in [0.25, 0.3) is 0 Å². The van der Waals surface area contributed by atoms with E-state index in [2.05, 4.69) is 20.7 Å². The van der Waals surface area contributed by atoms with Crippen molar-refractivity contribution in [2.45, 2.75) is 12.7 Å². The first kappa shape index (κ1) is 26.2. The third-order valence-corrected chi connectivity index (χ3v) is 5.59. The van der Waals surface area contributed by atoms with Crippen molar-refractivity contribution >= 4 is 33.5 Å². The molecule has 3 rings (SSSR count). The molecule has 0 amide bonds. The van der Waals surface area contributed by atoms with Crippen LogP contribution in [0.1, 0.15) is 5.56 Å². The lowest BCUT2D eigenvalue weighted by molar-refractivity contribution is -0.141. The summed E-state index contributed by atoms with van der Waals surface area (Å²) in [6, 6.07) is 4.29. The van der Waals surface area contributed by atoms with Crippen LogP contribution in [0.25, 0.3) is 5.69 Å². The van der Waals surface area contributed by atoms with Crippen molar-refractivity contribution in [2.24, 2.45) is 7.05 Å². The predicted octanol–water partition coefficient (Wildman–Crippen LogP) is 3.24. The Labute approximate surface area is 205 Å². The number of hydrogen-bond donors (Lipinski definition) is 0. The fourth-order valence-corrected chi connectivity index (χ4v) is 3.57. The highest BCUT2D eigenvalue weighted by atomic mass is 79.9. The first-order valence-corrected chi connectivity index (χ1v) is 10.5. The lowest BCUT2D eigenvalue weighted by atomic mass is 10.2. The molecule has 0 aliphatic rings. The lowest BCUT2D eigenvalue weighted by Gasteiger charge is -2.15. The van der Waals surface area contributed by atoms with Gasteiger partial charge in [-0.2, -0.15) is 13.2 Å². The maximum absolute atomic E-state index is 14.4. The van der Waals surface area contributed by atoms with Crippen molar-refractivity contribution in [1.29, 1.82) is 0 Å². The smallest absolute Gasteiger partial charge is 0.416 e. The summed E-state index contributed by atoms with van der Waals surface area (Å²) in [4.78, 5) is 49.6. The van der Waals surface area contributed by atoms with Crippen LogP contribution in [0, 0.1) is 5.82 Å². The van der Waals surface area contributed by atoms with Crippen LogP contribution < -0.4 is 21.8 Å². The Morgan fingerprint density at radius 3 is 2.31 bits per heavy atom. The van der Waals surface area contributed by atoms with E-state index in [1.807, 2.05) is 0 Å². The highest BCUT2D eigenvalue weighted by Crippen LogP contribution is 2.39. The Hall–Kier alpha value is -3.39. The molecule has 1 heterocycles.